The average Bonchev–Trinajstić information content (AvgIpc) is 3.13. The predicted octanol–water partition coefficient (Wildman–Crippen LogP) is 7.37. The fourth-order valence-electron chi connectivity index (χ4n) is 3.54. The van der Waals surface area contributed by atoms with Crippen LogP contribution in [-0.2, 0) is 11.4 Å². The minimum Gasteiger partial charge on any atom is -0.494 e. The molecule has 0 radical (unpaired) electrons. The van der Waals surface area contributed by atoms with Crippen LogP contribution in [0.4, 0.5) is 10.1 Å². The first kappa shape index (κ1) is 26.2. The van der Waals surface area contributed by atoms with Gasteiger partial charge in [-0.1, -0.05) is 42.2 Å². The molecule has 0 bridgehead atoms. The van der Waals surface area contributed by atoms with E-state index in [1.54, 1.807) is 30.3 Å². The van der Waals surface area contributed by atoms with Gasteiger partial charge in [0.25, 0.3) is 5.91 Å². The first-order chi connectivity index (χ1) is 17.4. The van der Waals surface area contributed by atoms with E-state index >= 15 is 0 Å². The van der Waals surface area contributed by atoms with E-state index in [0.29, 0.717) is 49.7 Å². The summed E-state index contributed by atoms with van der Waals surface area (Å²) in [5.74, 6) is 1.13. The molecule has 0 atom stereocenters. The van der Waals surface area contributed by atoms with Gasteiger partial charge >= 0.3 is 0 Å². The fraction of sp³-hybridized carbons (Fsp3) is 0.185. The summed E-state index contributed by atoms with van der Waals surface area (Å²) in [4.78, 5) is 15.2. The highest BCUT2D eigenvalue weighted by molar-refractivity contribution is 9.10. The molecule has 0 spiro atoms. The Morgan fingerprint density at radius 3 is 2.44 bits per heavy atom. The molecular formula is C27H23BrFNO4S2. The average molecular weight is 589 g/mol. The lowest BCUT2D eigenvalue weighted by atomic mass is 10.1. The Balaban J connectivity index is 1.58. The minimum absolute atomic E-state index is 0.0471. The summed E-state index contributed by atoms with van der Waals surface area (Å²) in [6, 6.07) is 17.3. The van der Waals surface area contributed by atoms with Crippen molar-refractivity contribution < 1.29 is 23.4 Å². The van der Waals surface area contributed by atoms with E-state index in [4.69, 9.17) is 26.4 Å². The van der Waals surface area contributed by atoms with Crippen LogP contribution in [-0.4, -0.2) is 23.4 Å². The lowest BCUT2D eigenvalue weighted by Crippen LogP contribution is -2.27. The largest absolute Gasteiger partial charge is 0.494 e. The maximum absolute atomic E-state index is 14.0. The van der Waals surface area contributed by atoms with Crippen LogP contribution in [0.3, 0.4) is 0 Å². The normalized spacial score (nSPS) is 14.4. The maximum Gasteiger partial charge on any atom is 0.270 e. The summed E-state index contributed by atoms with van der Waals surface area (Å²) < 4.78 is 32.3. The number of hydrogen-bond donors (Lipinski definition) is 0. The predicted molar refractivity (Wildman–Crippen MR) is 149 cm³/mol. The van der Waals surface area contributed by atoms with Crippen LogP contribution in [0.2, 0.25) is 0 Å². The van der Waals surface area contributed by atoms with Gasteiger partial charge in [0.15, 0.2) is 15.8 Å². The zero-order chi connectivity index (χ0) is 25.7. The number of nitrogens with zero attached hydrogens (tertiary/aromatic N) is 1. The summed E-state index contributed by atoms with van der Waals surface area (Å²) in [6.07, 6.45) is 1.77. The number of rotatable bonds is 9. The van der Waals surface area contributed by atoms with Crippen molar-refractivity contribution in [2.24, 2.45) is 0 Å². The monoisotopic (exact) mass is 587 g/mol. The van der Waals surface area contributed by atoms with E-state index in [2.05, 4.69) is 15.9 Å². The van der Waals surface area contributed by atoms with Crippen molar-refractivity contribution in [3.63, 3.8) is 0 Å². The van der Waals surface area contributed by atoms with Gasteiger partial charge in [-0.2, -0.15) is 0 Å². The smallest absolute Gasteiger partial charge is 0.270 e. The number of thioether (sulfide) groups is 1. The number of carbonyl (C=O) groups is 1. The number of thiocarbonyl (C=S) groups is 1. The van der Waals surface area contributed by atoms with Gasteiger partial charge in [0.1, 0.15) is 18.2 Å². The second-order valence-corrected chi connectivity index (χ2v) is 10.1. The molecule has 1 saturated heterocycles. The number of anilines is 1. The molecular weight excluding hydrogens is 565 g/mol. The van der Waals surface area contributed by atoms with Crippen LogP contribution in [0.5, 0.6) is 17.2 Å². The zero-order valence-electron chi connectivity index (χ0n) is 19.6. The van der Waals surface area contributed by atoms with Crippen LogP contribution in [0.15, 0.2) is 70.0 Å². The van der Waals surface area contributed by atoms with E-state index < -0.39 is 0 Å². The zero-order valence-corrected chi connectivity index (χ0v) is 22.8. The number of hydrogen-bond acceptors (Lipinski definition) is 6. The van der Waals surface area contributed by atoms with E-state index in [-0.39, 0.29) is 18.3 Å². The quantitative estimate of drug-likeness (QED) is 0.192. The molecule has 186 valence electrons. The Kier molecular flexibility index (Phi) is 8.66. The van der Waals surface area contributed by atoms with Gasteiger partial charge in [0.2, 0.25) is 0 Å². The summed E-state index contributed by atoms with van der Waals surface area (Å²) in [5, 5.41) is 0. The van der Waals surface area contributed by atoms with Crippen LogP contribution in [0.1, 0.15) is 25.0 Å². The number of ether oxygens (including phenoxy) is 3. The second-order valence-electron chi connectivity index (χ2n) is 7.59. The summed E-state index contributed by atoms with van der Waals surface area (Å²) in [7, 11) is 0. The molecule has 1 heterocycles. The Morgan fingerprint density at radius 1 is 1.03 bits per heavy atom. The second kappa shape index (κ2) is 11.9. The molecule has 9 heteroatoms. The van der Waals surface area contributed by atoms with E-state index in [9.17, 15) is 9.18 Å². The Bertz CT molecular complexity index is 1310. The van der Waals surface area contributed by atoms with Crippen molar-refractivity contribution in [3.05, 3.63) is 87.0 Å². The van der Waals surface area contributed by atoms with Crippen molar-refractivity contribution in [1.82, 2.24) is 0 Å². The van der Waals surface area contributed by atoms with E-state index in [0.717, 1.165) is 11.3 Å². The number of amides is 1. The van der Waals surface area contributed by atoms with Gasteiger partial charge in [-0.25, -0.2) is 4.39 Å². The van der Waals surface area contributed by atoms with Crippen molar-refractivity contribution in [2.45, 2.75) is 20.5 Å². The van der Waals surface area contributed by atoms with Gasteiger partial charge in [0.05, 0.1) is 28.3 Å². The molecule has 4 rings (SSSR count). The van der Waals surface area contributed by atoms with Gasteiger partial charge in [-0.3, -0.25) is 9.69 Å². The van der Waals surface area contributed by atoms with Crippen LogP contribution in [0.25, 0.3) is 6.08 Å². The van der Waals surface area contributed by atoms with Gasteiger partial charge in [0, 0.05) is 5.56 Å². The highest BCUT2D eigenvalue weighted by Gasteiger charge is 2.33. The number of halogens is 2. The molecule has 0 unspecified atom stereocenters. The molecule has 1 fully saturated rings. The summed E-state index contributed by atoms with van der Waals surface area (Å²) >= 11 is 10.3. The molecule has 1 aliphatic heterocycles. The SMILES string of the molecule is CCOc1ccc(N2C(=O)/C(=C/c3cc(Br)c(OCc4ccccc4F)c(OCC)c3)SC2=S)cc1. The molecule has 3 aromatic rings. The summed E-state index contributed by atoms with van der Waals surface area (Å²) in [6.45, 7) is 4.80. The van der Waals surface area contributed by atoms with Gasteiger partial charge in [-0.05, 0) is 83.9 Å². The molecule has 1 aliphatic rings. The molecule has 3 aromatic carbocycles. The molecule has 5 nitrogen and oxygen atoms in total. The molecule has 0 N–H and O–H groups in total. The molecule has 0 saturated carbocycles. The van der Waals surface area contributed by atoms with Gasteiger partial charge < -0.3 is 14.2 Å². The van der Waals surface area contributed by atoms with E-state index in [1.165, 1.54) is 22.7 Å². The van der Waals surface area contributed by atoms with Crippen molar-refractivity contribution in [1.29, 1.82) is 0 Å². The van der Waals surface area contributed by atoms with Crippen molar-refractivity contribution >= 4 is 61.9 Å². The highest BCUT2D eigenvalue weighted by atomic mass is 79.9. The minimum atomic E-state index is -0.335. The van der Waals surface area contributed by atoms with Crippen molar-refractivity contribution in [3.8, 4) is 17.2 Å². The first-order valence-electron chi connectivity index (χ1n) is 11.2. The third kappa shape index (κ3) is 5.91. The highest BCUT2D eigenvalue weighted by Crippen LogP contribution is 2.41. The van der Waals surface area contributed by atoms with Crippen LogP contribution >= 0.6 is 39.9 Å². The lowest BCUT2D eigenvalue weighted by Gasteiger charge is -2.15. The fourth-order valence-corrected chi connectivity index (χ4v) is 5.41. The van der Waals surface area contributed by atoms with Crippen molar-refractivity contribution in [2.75, 3.05) is 18.1 Å². The Hall–Kier alpha value is -2.88. The van der Waals surface area contributed by atoms with Crippen LogP contribution in [0, 0.1) is 5.82 Å². The third-order valence-corrected chi connectivity index (χ3v) is 7.05. The molecule has 1 amide bonds. The third-order valence-electron chi connectivity index (χ3n) is 5.16. The number of carbonyl (C=O) groups excluding carboxylic acids is 1. The standard InChI is InChI=1S/C27H23BrFNO4S2/c1-3-32-20-11-9-19(10-12-20)30-26(31)24(36-27(30)35)15-17-13-21(28)25(23(14-17)33-4-2)34-16-18-7-5-6-8-22(18)29/h5-15H,3-4,16H2,1-2H3/b24-15-. The topological polar surface area (TPSA) is 48.0 Å². The Labute approximate surface area is 227 Å². The molecule has 0 aliphatic carbocycles. The lowest BCUT2D eigenvalue weighted by molar-refractivity contribution is -0.113. The Morgan fingerprint density at radius 2 is 1.75 bits per heavy atom. The van der Waals surface area contributed by atoms with Crippen LogP contribution < -0.4 is 19.1 Å². The molecule has 0 aromatic heterocycles. The summed E-state index contributed by atoms with van der Waals surface area (Å²) in [5.41, 5.74) is 1.85. The maximum atomic E-state index is 14.0. The number of benzene rings is 3. The van der Waals surface area contributed by atoms with Gasteiger partial charge in [-0.15, -0.1) is 0 Å². The van der Waals surface area contributed by atoms with E-state index in [1.807, 2.05) is 44.2 Å². The molecule has 36 heavy (non-hydrogen) atoms. The first-order valence-corrected chi connectivity index (χ1v) is 13.3.